The number of hydrogen-bond acceptors (Lipinski definition) is 5. The number of methoxy groups -OCH3 is 1. The minimum absolute atomic E-state index is 0.165. The maximum atomic E-state index is 12.6. The lowest BCUT2D eigenvalue weighted by atomic mass is 10.1. The van der Waals surface area contributed by atoms with Crippen LogP contribution in [0.25, 0.3) is 10.9 Å². The molecule has 0 amide bonds. The lowest BCUT2D eigenvalue weighted by Gasteiger charge is -2.13. The van der Waals surface area contributed by atoms with Crippen LogP contribution in [0.4, 0.5) is 0 Å². The molecule has 27 heavy (non-hydrogen) atoms. The van der Waals surface area contributed by atoms with Gasteiger partial charge in [-0.05, 0) is 61.4 Å². The summed E-state index contributed by atoms with van der Waals surface area (Å²) in [5.74, 6) is 1.34. The number of nitrogens with zero attached hydrogens (tertiary/aromatic N) is 1. The van der Waals surface area contributed by atoms with Crippen LogP contribution in [0.3, 0.4) is 0 Å². The van der Waals surface area contributed by atoms with Crippen molar-refractivity contribution in [2.24, 2.45) is 0 Å². The van der Waals surface area contributed by atoms with Gasteiger partial charge in [-0.25, -0.2) is 13.1 Å². The van der Waals surface area contributed by atoms with Crippen molar-refractivity contribution in [3.63, 3.8) is 0 Å². The smallest absolute Gasteiger partial charge is 0.240 e. The van der Waals surface area contributed by atoms with E-state index < -0.39 is 10.0 Å². The summed E-state index contributed by atoms with van der Waals surface area (Å²) in [4.78, 5) is 4.50. The Morgan fingerprint density at radius 2 is 1.89 bits per heavy atom. The standard InChI is InChI=1S/C20H22N2O4S/c1-14-12-20(15(2)11-19(14)25-3)27(23,24)22-9-10-26-17-6-7-18-16(13-17)5-4-8-21-18/h4-8,11-13,22H,9-10H2,1-3H3. The molecular weight excluding hydrogens is 364 g/mol. The third-order valence-corrected chi connectivity index (χ3v) is 5.82. The van der Waals surface area contributed by atoms with Crippen LogP contribution >= 0.6 is 0 Å². The molecule has 1 N–H and O–H groups in total. The number of nitrogens with one attached hydrogen (secondary N) is 1. The summed E-state index contributed by atoms with van der Waals surface area (Å²) < 4.78 is 38.6. The van der Waals surface area contributed by atoms with Gasteiger partial charge in [-0.2, -0.15) is 0 Å². The maximum Gasteiger partial charge on any atom is 0.240 e. The van der Waals surface area contributed by atoms with Crippen molar-refractivity contribution >= 4 is 20.9 Å². The molecule has 0 fully saturated rings. The number of aryl methyl sites for hydroxylation is 2. The first-order chi connectivity index (χ1) is 12.9. The Balaban J connectivity index is 1.63. The Hall–Kier alpha value is -2.64. The van der Waals surface area contributed by atoms with E-state index in [0.717, 1.165) is 16.5 Å². The predicted octanol–water partition coefficient (Wildman–Crippen LogP) is 3.22. The van der Waals surface area contributed by atoms with Gasteiger partial charge in [-0.15, -0.1) is 0 Å². The Morgan fingerprint density at radius 1 is 1.07 bits per heavy atom. The molecule has 0 radical (unpaired) electrons. The molecule has 6 nitrogen and oxygen atoms in total. The molecular formula is C20H22N2O4S. The van der Waals surface area contributed by atoms with E-state index in [-0.39, 0.29) is 18.0 Å². The molecule has 0 saturated heterocycles. The topological polar surface area (TPSA) is 77.5 Å². The van der Waals surface area contributed by atoms with Gasteiger partial charge in [-0.1, -0.05) is 6.07 Å². The number of pyridine rings is 1. The number of benzene rings is 2. The van der Waals surface area contributed by atoms with Gasteiger partial charge in [0, 0.05) is 18.1 Å². The van der Waals surface area contributed by atoms with Crippen molar-refractivity contribution in [2.75, 3.05) is 20.3 Å². The second-order valence-corrected chi connectivity index (χ2v) is 7.93. The molecule has 7 heteroatoms. The molecule has 0 saturated carbocycles. The van der Waals surface area contributed by atoms with Crippen LogP contribution < -0.4 is 14.2 Å². The monoisotopic (exact) mass is 386 g/mol. The van der Waals surface area contributed by atoms with Gasteiger partial charge in [0.05, 0.1) is 17.5 Å². The molecule has 3 aromatic rings. The Bertz CT molecular complexity index is 1060. The van der Waals surface area contributed by atoms with Crippen LogP contribution in [0.1, 0.15) is 11.1 Å². The van der Waals surface area contributed by atoms with Gasteiger partial charge in [0.1, 0.15) is 18.1 Å². The molecule has 1 heterocycles. The van der Waals surface area contributed by atoms with E-state index in [4.69, 9.17) is 9.47 Å². The number of ether oxygens (including phenoxy) is 2. The molecule has 2 aromatic carbocycles. The molecule has 0 spiro atoms. The summed E-state index contributed by atoms with van der Waals surface area (Å²) in [6, 6.07) is 12.7. The largest absolute Gasteiger partial charge is 0.496 e. The van der Waals surface area contributed by atoms with Crippen molar-refractivity contribution < 1.29 is 17.9 Å². The van der Waals surface area contributed by atoms with Crippen LogP contribution in [-0.2, 0) is 10.0 Å². The first-order valence-corrected chi connectivity index (χ1v) is 10.0. The average molecular weight is 386 g/mol. The zero-order chi connectivity index (χ0) is 19.4. The van der Waals surface area contributed by atoms with Crippen molar-refractivity contribution in [2.45, 2.75) is 18.7 Å². The first kappa shape index (κ1) is 19.1. The van der Waals surface area contributed by atoms with E-state index in [1.54, 1.807) is 32.4 Å². The lowest BCUT2D eigenvalue weighted by molar-refractivity contribution is 0.323. The van der Waals surface area contributed by atoms with Crippen LogP contribution in [0.5, 0.6) is 11.5 Å². The number of rotatable bonds is 7. The summed E-state index contributed by atoms with van der Waals surface area (Å²) in [5, 5.41) is 0.972. The fraction of sp³-hybridized carbons (Fsp3) is 0.250. The minimum atomic E-state index is -3.62. The molecule has 0 aliphatic rings. The minimum Gasteiger partial charge on any atom is -0.496 e. The Labute approximate surface area is 159 Å². The second kappa shape index (κ2) is 7.94. The molecule has 142 valence electrons. The maximum absolute atomic E-state index is 12.6. The summed E-state index contributed by atoms with van der Waals surface area (Å²) >= 11 is 0. The molecule has 0 unspecified atom stereocenters. The van der Waals surface area contributed by atoms with E-state index in [1.807, 2.05) is 37.3 Å². The molecule has 0 aliphatic carbocycles. The van der Waals surface area contributed by atoms with E-state index in [0.29, 0.717) is 17.1 Å². The molecule has 1 aromatic heterocycles. The van der Waals surface area contributed by atoms with Crippen molar-refractivity contribution in [3.05, 3.63) is 59.8 Å². The van der Waals surface area contributed by atoms with Gasteiger partial charge in [0.2, 0.25) is 10.0 Å². The zero-order valence-electron chi connectivity index (χ0n) is 15.5. The predicted molar refractivity (Wildman–Crippen MR) is 105 cm³/mol. The van der Waals surface area contributed by atoms with Gasteiger partial charge in [0.15, 0.2) is 0 Å². The van der Waals surface area contributed by atoms with E-state index in [2.05, 4.69) is 9.71 Å². The lowest BCUT2D eigenvalue weighted by Crippen LogP contribution is -2.29. The SMILES string of the molecule is COc1cc(C)c(S(=O)(=O)NCCOc2ccc3ncccc3c2)cc1C. The number of sulfonamides is 1. The van der Waals surface area contributed by atoms with Gasteiger partial charge >= 0.3 is 0 Å². The normalized spacial score (nSPS) is 11.5. The first-order valence-electron chi connectivity index (χ1n) is 8.53. The van der Waals surface area contributed by atoms with Crippen LogP contribution in [0, 0.1) is 13.8 Å². The van der Waals surface area contributed by atoms with E-state index >= 15 is 0 Å². The average Bonchev–Trinajstić information content (AvgIpc) is 2.66. The highest BCUT2D eigenvalue weighted by Crippen LogP contribution is 2.25. The van der Waals surface area contributed by atoms with Crippen molar-refractivity contribution in [1.82, 2.24) is 9.71 Å². The van der Waals surface area contributed by atoms with E-state index in [9.17, 15) is 8.42 Å². The number of fused-ring (bicyclic) bond motifs is 1. The van der Waals surface area contributed by atoms with Crippen molar-refractivity contribution in [1.29, 1.82) is 0 Å². The molecule has 3 rings (SSSR count). The van der Waals surface area contributed by atoms with E-state index in [1.165, 1.54) is 0 Å². The van der Waals surface area contributed by atoms with Crippen LogP contribution in [-0.4, -0.2) is 33.7 Å². The highest BCUT2D eigenvalue weighted by Gasteiger charge is 2.18. The van der Waals surface area contributed by atoms with Crippen molar-refractivity contribution in [3.8, 4) is 11.5 Å². The third kappa shape index (κ3) is 4.37. The fourth-order valence-corrected chi connectivity index (χ4v) is 4.16. The molecule has 0 aliphatic heterocycles. The summed E-state index contributed by atoms with van der Waals surface area (Å²) in [6.07, 6.45) is 1.74. The zero-order valence-corrected chi connectivity index (χ0v) is 16.3. The number of hydrogen-bond donors (Lipinski definition) is 1. The van der Waals surface area contributed by atoms with Gasteiger partial charge < -0.3 is 9.47 Å². The summed E-state index contributed by atoms with van der Waals surface area (Å²) in [6.45, 7) is 3.95. The Kier molecular flexibility index (Phi) is 5.62. The highest BCUT2D eigenvalue weighted by molar-refractivity contribution is 7.89. The van der Waals surface area contributed by atoms with Gasteiger partial charge in [0.25, 0.3) is 0 Å². The summed E-state index contributed by atoms with van der Waals surface area (Å²) in [5.41, 5.74) is 2.29. The second-order valence-electron chi connectivity index (χ2n) is 6.19. The fourth-order valence-electron chi connectivity index (χ4n) is 2.84. The van der Waals surface area contributed by atoms with Crippen LogP contribution in [0.2, 0.25) is 0 Å². The third-order valence-electron chi connectivity index (χ3n) is 4.22. The summed E-state index contributed by atoms with van der Waals surface area (Å²) in [7, 11) is -2.06. The molecule has 0 atom stereocenters. The van der Waals surface area contributed by atoms with Gasteiger partial charge in [-0.3, -0.25) is 4.98 Å². The Morgan fingerprint density at radius 3 is 2.67 bits per heavy atom. The molecule has 0 bridgehead atoms. The van der Waals surface area contributed by atoms with Crippen LogP contribution in [0.15, 0.2) is 53.6 Å². The quantitative estimate of drug-likeness (QED) is 0.631. The highest BCUT2D eigenvalue weighted by atomic mass is 32.2. The number of aromatic nitrogens is 1.